The van der Waals surface area contributed by atoms with Crippen molar-refractivity contribution in [2.24, 2.45) is 5.41 Å². The Balaban J connectivity index is 0.000000720. The number of nitrogens with zero attached hydrogens (tertiary/aromatic N) is 1. The van der Waals surface area contributed by atoms with Crippen LogP contribution in [0.4, 0.5) is 0 Å². The van der Waals surface area contributed by atoms with Crippen molar-refractivity contribution in [3.05, 3.63) is 12.7 Å². The van der Waals surface area contributed by atoms with Gasteiger partial charge in [0, 0.05) is 25.0 Å². The van der Waals surface area contributed by atoms with Crippen molar-refractivity contribution in [1.29, 1.82) is 0 Å². The number of halogens is 1. The van der Waals surface area contributed by atoms with Gasteiger partial charge in [-0.2, -0.15) is 0 Å². The quantitative estimate of drug-likeness (QED) is 0.657. The monoisotopic (exact) mass is 189 g/mol. The van der Waals surface area contributed by atoms with E-state index in [-0.39, 0.29) is 18.5 Å². The van der Waals surface area contributed by atoms with Crippen molar-refractivity contribution in [1.82, 2.24) is 4.90 Å². The first-order valence-electron chi connectivity index (χ1n) is 4.28. The molecule has 2 nitrogen and oxygen atoms in total. The predicted molar refractivity (Wildman–Crippen MR) is 51.6 cm³/mol. The Morgan fingerprint density at radius 1 is 1.58 bits per heavy atom. The Bertz CT molecular complexity index is 179. The molecule has 1 spiro atoms. The standard InChI is InChI=1S/C9H15NO.ClH/c1-2-5-10-6-8(11)9(7-10)3-4-9;/h2,8,11H,1,3-7H2;1H. The number of rotatable bonds is 2. The largest absolute Gasteiger partial charge is 0.391 e. The van der Waals surface area contributed by atoms with Gasteiger partial charge in [0.25, 0.3) is 0 Å². The topological polar surface area (TPSA) is 23.5 Å². The first-order chi connectivity index (χ1) is 5.27. The van der Waals surface area contributed by atoms with Gasteiger partial charge in [-0.3, -0.25) is 4.90 Å². The fourth-order valence-electron chi connectivity index (χ4n) is 2.03. The number of likely N-dealkylation sites (tertiary alicyclic amines) is 1. The summed E-state index contributed by atoms with van der Waals surface area (Å²) in [5.41, 5.74) is 0.309. The Kier molecular flexibility index (Phi) is 2.81. The van der Waals surface area contributed by atoms with Gasteiger partial charge in [0.15, 0.2) is 0 Å². The maximum Gasteiger partial charge on any atom is 0.0735 e. The van der Waals surface area contributed by atoms with Gasteiger partial charge in [-0.25, -0.2) is 0 Å². The second-order valence-corrected chi connectivity index (χ2v) is 3.86. The molecule has 2 rings (SSSR count). The maximum atomic E-state index is 9.64. The molecule has 3 heteroatoms. The highest BCUT2D eigenvalue weighted by molar-refractivity contribution is 5.85. The fourth-order valence-corrected chi connectivity index (χ4v) is 2.03. The van der Waals surface area contributed by atoms with Crippen LogP contribution < -0.4 is 0 Å². The van der Waals surface area contributed by atoms with Crippen molar-refractivity contribution >= 4 is 12.4 Å². The van der Waals surface area contributed by atoms with Crippen LogP contribution in [0.5, 0.6) is 0 Å². The maximum absolute atomic E-state index is 9.64. The number of β-amino-alcohol motifs (C(OH)–C–C–N with tert-alkyl or cyclic N) is 1. The van der Waals surface area contributed by atoms with E-state index in [1.165, 1.54) is 12.8 Å². The van der Waals surface area contributed by atoms with E-state index in [0.29, 0.717) is 5.41 Å². The molecule has 0 aromatic rings. The molecule has 1 N–H and O–H groups in total. The Labute approximate surface area is 79.7 Å². The lowest BCUT2D eigenvalue weighted by molar-refractivity contribution is 0.132. The smallest absolute Gasteiger partial charge is 0.0735 e. The molecule has 1 atom stereocenters. The number of hydrogen-bond donors (Lipinski definition) is 1. The lowest BCUT2D eigenvalue weighted by atomic mass is 10.0. The SMILES string of the molecule is C=CCN1CC(O)C2(CC2)C1.Cl. The number of hydrogen-bond acceptors (Lipinski definition) is 2. The van der Waals surface area contributed by atoms with E-state index in [1.807, 2.05) is 6.08 Å². The molecular weight excluding hydrogens is 174 g/mol. The van der Waals surface area contributed by atoms with Crippen molar-refractivity contribution in [2.75, 3.05) is 19.6 Å². The summed E-state index contributed by atoms with van der Waals surface area (Å²) < 4.78 is 0. The fraction of sp³-hybridized carbons (Fsp3) is 0.778. The van der Waals surface area contributed by atoms with Gasteiger partial charge in [-0.05, 0) is 12.8 Å². The van der Waals surface area contributed by atoms with Crippen LogP contribution in [0.2, 0.25) is 0 Å². The van der Waals surface area contributed by atoms with E-state index in [9.17, 15) is 5.11 Å². The molecule has 1 aliphatic heterocycles. The molecule has 0 bridgehead atoms. The van der Waals surface area contributed by atoms with Crippen LogP contribution in [-0.4, -0.2) is 35.7 Å². The van der Waals surface area contributed by atoms with Gasteiger partial charge < -0.3 is 5.11 Å². The lowest BCUT2D eigenvalue weighted by Gasteiger charge is -2.11. The van der Waals surface area contributed by atoms with Crippen molar-refractivity contribution in [3.8, 4) is 0 Å². The molecule has 12 heavy (non-hydrogen) atoms. The average Bonchev–Trinajstić information content (AvgIpc) is 2.63. The highest BCUT2D eigenvalue weighted by Crippen LogP contribution is 2.52. The third-order valence-electron chi connectivity index (χ3n) is 2.96. The van der Waals surface area contributed by atoms with Gasteiger partial charge in [0.1, 0.15) is 0 Å². The number of aliphatic hydroxyl groups excluding tert-OH is 1. The van der Waals surface area contributed by atoms with Crippen LogP contribution in [0, 0.1) is 5.41 Å². The molecule has 0 radical (unpaired) electrons. The summed E-state index contributed by atoms with van der Waals surface area (Å²) in [5.74, 6) is 0. The average molecular weight is 190 g/mol. The van der Waals surface area contributed by atoms with Gasteiger partial charge in [-0.1, -0.05) is 6.08 Å². The molecule has 0 aromatic carbocycles. The van der Waals surface area contributed by atoms with Gasteiger partial charge in [0.2, 0.25) is 0 Å². The summed E-state index contributed by atoms with van der Waals surface area (Å²) in [6.07, 6.45) is 4.29. The first-order valence-corrected chi connectivity index (χ1v) is 4.28. The molecule has 2 aliphatic rings. The Hall–Kier alpha value is -0.0500. The second kappa shape index (κ2) is 3.36. The molecule has 1 unspecified atom stereocenters. The molecule has 1 aliphatic carbocycles. The molecule has 70 valence electrons. The highest BCUT2D eigenvalue weighted by Gasteiger charge is 2.53. The van der Waals surface area contributed by atoms with E-state index < -0.39 is 0 Å². The van der Waals surface area contributed by atoms with E-state index in [2.05, 4.69) is 11.5 Å². The summed E-state index contributed by atoms with van der Waals surface area (Å²) in [7, 11) is 0. The molecule has 0 aromatic heterocycles. The Morgan fingerprint density at radius 3 is 2.67 bits per heavy atom. The summed E-state index contributed by atoms with van der Waals surface area (Å²) >= 11 is 0. The van der Waals surface area contributed by atoms with Crippen LogP contribution in [0.1, 0.15) is 12.8 Å². The first kappa shape index (κ1) is 10.0. The molecule has 1 heterocycles. The zero-order valence-corrected chi connectivity index (χ0v) is 8.02. The molecule has 0 amide bonds. The zero-order valence-electron chi connectivity index (χ0n) is 7.20. The summed E-state index contributed by atoms with van der Waals surface area (Å²) in [4.78, 5) is 2.28. The van der Waals surface area contributed by atoms with Crippen molar-refractivity contribution < 1.29 is 5.11 Å². The van der Waals surface area contributed by atoms with Crippen LogP contribution in [0.3, 0.4) is 0 Å². The van der Waals surface area contributed by atoms with E-state index >= 15 is 0 Å². The van der Waals surface area contributed by atoms with Crippen LogP contribution in [0.25, 0.3) is 0 Å². The van der Waals surface area contributed by atoms with Crippen LogP contribution in [-0.2, 0) is 0 Å². The van der Waals surface area contributed by atoms with E-state index in [4.69, 9.17) is 0 Å². The molecule has 1 saturated heterocycles. The van der Waals surface area contributed by atoms with E-state index in [1.54, 1.807) is 0 Å². The minimum Gasteiger partial charge on any atom is -0.391 e. The van der Waals surface area contributed by atoms with Crippen LogP contribution in [0.15, 0.2) is 12.7 Å². The third-order valence-corrected chi connectivity index (χ3v) is 2.96. The zero-order chi connectivity index (χ0) is 7.90. The van der Waals surface area contributed by atoms with Crippen LogP contribution >= 0.6 is 12.4 Å². The highest BCUT2D eigenvalue weighted by atomic mass is 35.5. The van der Waals surface area contributed by atoms with E-state index in [0.717, 1.165) is 19.6 Å². The van der Waals surface area contributed by atoms with Crippen molar-refractivity contribution in [3.63, 3.8) is 0 Å². The van der Waals surface area contributed by atoms with Gasteiger partial charge in [0.05, 0.1) is 6.10 Å². The predicted octanol–water partition coefficient (Wildman–Crippen LogP) is 1.05. The lowest BCUT2D eigenvalue weighted by Crippen LogP contribution is -2.21. The minimum absolute atomic E-state index is 0. The van der Waals surface area contributed by atoms with Gasteiger partial charge >= 0.3 is 0 Å². The molecular formula is C9H16ClNO. The normalized spacial score (nSPS) is 31.6. The molecule has 2 fully saturated rings. The summed E-state index contributed by atoms with van der Waals surface area (Å²) in [5, 5.41) is 9.64. The second-order valence-electron chi connectivity index (χ2n) is 3.86. The number of aliphatic hydroxyl groups is 1. The van der Waals surface area contributed by atoms with Crippen molar-refractivity contribution in [2.45, 2.75) is 18.9 Å². The minimum atomic E-state index is -0.0672. The Morgan fingerprint density at radius 2 is 2.25 bits per heavy atom. The van der Waals surface area contributed by atoms with Gasteiger partial charge in [-0.15, -0.1) is 19.0 Å². The summed E-state index contributed by atoms with van der Waals surface area (Å²) in [6.45, 7) is 6.56. The molecule has 1 saturated carbocycles. The third kappa shape index (κ3) is 1.51. The summed E-state index contributed by atoms with van der Waals surface area (Å²) in [6, 6.07) is 0.